The molecule has 0 radical (unpaired) electrons. The summed E-state index contributed by atoms with van der Waals surface area (Å²) in [5.41, 5.74) is 7.25. The zero-order chi connectivity index (χ0) is 16.2. The lowest BCUT2D eigenvalue weighted by Crippen LogP contribution is -2.51. The number of benzene rings is 1. The molecule has 1 aromatic heterocycles. The van der Waals surface area contributed by atoms with Crippen LogP contribution in [0, 0.1) is 0 Å². The minimum atomic E-state index is -0.478. The number of likely N-dealkylation sites (tertiary alicyclic amines) is 1. The normalized spacial score (nSPS) is 17.9. The summed E-state index contributed by atoms with van der Waals surface area (Å²) in [7, 11) is 0. The van der Waals surface area contributed by atoms with Gasteiger partial charge in [0.25, 0.3) is 0 Å². The monoisotopic (exact) mass is 312 g/mol. The third-order valence-electron chi connectivity index (χ3n) is 4.17. The van der Waals surface area contributed by atoms with Crippen molar-refractivity contribution in [3.05, 3.63) is 42.9 Å². The Morgan fingerprint density at radius 1 is 1.22 bits per heavy atom. The van der Waals surface area contributed by atoms with Crippen LogP contribution >= 0.6 is 0 Å². The summed E-state index contributed by atoms with van der Waals surface area (Å²) in [5, 5.41) is 0. The number of primary amides is 1. The average Bonchev–Trinajstić information content (AvgIpc) is 3.04. The number of hydrogen-bond acceptors (Lipinski definition) is 3. The van der Waals surface area contributed by atoms with Crippen LogP contribution in [0.1, 0.15) is 19.3 Å². The van der Waals surface area contributed by atoms with Gasteiger partial charge < -0.3 is 15.2 Å². The average molecular weight is 312 g/mol. The highest BCUT2D eigenvalue weighted by Gasteiger charge is 2.30. The van der Waals surface area contributed by atoms with E-state index >= 15 is 0 Å². The van der Waals surface area contributed by atoms with E-state index in [0.29, 0.717) is 13.0 Å². The van der Waals surface area contributed by atoms with E-state index in [2.05, 4.69) is 4.98 Å². The lowest BCUT2D eigenvalue weighted by Gasteiger charge is -2.33. The number of nitrogens with zero attached hydrogens (tertiary/aromatic N) is 3. The molecule has 1 aliphatic rings. The molecular formula is C17H20N4O2. The fourth-order valence-electron chi connectivity index (χ4n) is 2.98. The van der Waals surface area contributed by atoms with Gasteiger partial charge in [0.2, 0.25) is 11.8 Å². The maximum atomic E-state index is 12.5. The highest BCUT2D eigenvalue weighted by atomic mass is 16.2. The minimum Gasteiger partial charge on any atom is -0.368 e. The first-order chi connectivity index (χ1) is 11.1. The fraction of sp³-hybridized carbons (Fsp3) is 0.353. The van der Waals surface area contributed by atoms with E-state index in [0.717, 1.165) is 24.1 Å². The van der Waals surface area contributed by atoms with Crippen molar-refractivity contribution in [3.63, 3.8) is 0 Å². The van der Waals surface area contributed by atoms with Crippen molar-refractivity contribution in [2.24, 2.45) is 5.73 Å². The standard InChI is InChI=1S/C17H20N4O2/c18-17(23)15-8-4-5-9-21(15)16(22)11-20-10-14(19-12-20)13-6-2-1-3-7-13/h1-3,6-7,10,12,15H,4-5,8-9,11H2,(H2,18,23). The maximum absolute atomic E-state index is 12.5. The molecule has 2 N–H and O–H groups in total. The number of imidazole rings is 1. The van der Waals surface area contributed by atoms with E-state index in [1.54, 1.807) is 15.8 Å². The van der Waals surface area contributed by atoms with Gasteiger partial charge in [0.05, 0.1) is 12.0 Å². The molecule has 2 aromatic rings. The summed E-state index contributed by atoms with van der Waals surface area (Å²) in [6.07, 6.45) is 5.98. The van der Waals surface area contributed by atoms with Gasteiger partial charge in [-0.3, -0.25) is 9.59 Å². The number of nitrogens with two attached hydrogens (primary N) is 1. The quantitative estimate of drug-likeness (QED) is 0.927. The van der Waals surface area contributed by atoms with Gasteiger partial charge in [0.1, 0.15) is 12.6 Å². The van der Waals surface area contributed by atoms with Gasteiger partial charge in [-0.25, -0.2) is 4.98 Å². The molecule has 1 unspecified atom stereocenters. The topological polar surface area (TPSA) is 81.2 Å². The zero-order valence-electron chi connectivity index (χ0n) is 12.9. The molecule has 120 valence electrons. The predicted octanol–water partition coefficient (Wildman–Crippen LogP) is 1.42. The first-order valence-electron chi connectivity index (χ1n) is 7.81. The molecule has 0 aliphatic carbocycles. The molecule has 0 spiro atoms. The molecule has 6 heteroatoms. The summed E-state index contributed by atoms with van der Waals surface area (Å²) in [6.45, 7) is 0.760. The Kier molecular flexibility index (Phi) is 4.41. The molecule has 1 aromatic carbocycles. The number of carbonyl (C=O) groups excluding carboxylic acids is 2. The lowest BCUT2D eigenvalue weighted by molar-refractivity contribution is -0.141. The molecule has 1 atom stereocenters. The number of amides is 2. The number of hydrogen-bond donors (Lipinski definition) is 1. The van der Waals surface area contributed by atoms with E-state index in [1.807, 2.05) is 36.5 Å². The SMILES string of the molecule is NC(=O)C1CCCCN1C(=O)Cn1cnc(-c2ccccc2)c1. The molecule has 1 saturated heterocycles. The predicted molar refractivity (Wildman–Crippen MR) is 86.2 cm³/mol. The highest BCUT2D eigenvalue weighted by Crippen LogP contribution is 2.19. The van der Waals surface area contributed by atoms with E-state index in [4.69, 9.17) is 5.73 Å². The van der Waals surface area contributed by atoms with Crippen molar-refractivity contribution in [1.82, 2.24) is 14.5 Å². The van der Waals surface area contributed by atoms with Crippen molar-refractivity contribution in [1.29, 1.82) is 0 Å². The molecule has 1 aliphatic heterocycles. The van der Waals surface area contributed by atoms with Crippen molar-refractivity contribution >= 4 is 11.8 Å². The van der Waals surface area contributed by atoms with Crippen LogP contribution in [0.5, 0.6) is 0 Å². The van der Waals surface area contributed by atoms with E-state index in [9.17, 15) is 9.59 Å². The first-order valence-corrected chi connectivity index (χ1v) is 7.81. The first kappa shape index (κ1) is 15.3. The third-order valence-corrected chi connectivity index (χ3v) is 4.17. The Labute approximate surface area is 134 Å². The zero-order valence-corrected chi connectivity index (χ0v) is 12.9. The Morgan fingerprint density at radius 3 is 2.74 bits per heavy atom. The summed E-state index contributed by atoms with van der Waals surface area (Å²) in [6, 6.07) is 9.32. The molecule has 0 bridgehead atoms. The molecule has 3 rings (SSSR count). The van der Waals surface area contributed by atoms with Crippen molar-refractivity contribution in [2.45, 2.75) is 31.8 Å². The number of aromatic nitrogens is 2. The number of piperidine rings is 1. The van der Waals surface area contributed by atoms with Crippen LogP contribution in [0.25, 0.3) is 11.3 Å². The molecule has 2 amide bonds. The van der Waals surface area contributed by atoms with Crippen molar-refractivity contribution in [2.75, 3.05) is 6.54 Å². The van der Waals surface area contributed by atoms with Crippen LogP contribution in [0.4, 0.5) is 0 Å². The molecule has 2 heterocycles. The summed E-state index contributed by atoms with van der Waals surface area (Å²) < 4.78 is 1.75. The van der Waals surface area contributed by atoms with Gasteiger partial charge in [0, 0.05) is 18.3 Å². The molecular weight excluding hydrogens is 292 g/mol. The van der Waals surface area contributed by atoms with Gasteiger partial charge >= 0.3 is 0 Å². The summed E-state index contributed by atoms with van der Waals surface area (Å²) >= 11 is 0. The second-order valence-electron chi connectivity index (χ2n) is 5.80. The van der Waals surface area contributed by atoms with Crippen LogP contribution in [0.2, 0.25) is 0 Å². The molecule has 23 heavy (non-hydrogen) atoms. The number of rotatable bonds is 4. The van der Waals surface area contributed by atoms with Crippen LogP contribution in [0.15, 0.2) is 42.9 Å². The number of carbonyl (C=O) groups is 2. The third kappa shape index (κ3) is 3.41. The van der Waals surface area contributed by atoms with Crippen LogP contribution in [-0.2, 0) is 16.1 Å². The summed E-state index contributed by atoms with van der Waals surface area (Å²) in [5.74, 6) is -0.515. The Balaban J connectivity index is 1.70. The van der Waals surface area contributed by atoms with E-state index in [-0.39, 0.29) is 12.5 Å². The second-order valence-corrected chi connectivity index (χ2v) is 5.80. The van der Waals surface area contributed by atoms with Crippen LogP contribution in [0.3, 0.4) is 0 Å². The molecule has 0 saturated carbocycles. The Hall–Kier alpha value is -2.63. The maximum Gasteiger partial charge on any atom is 0.243 e. The minimum absolute atomic E-state index is 0.0921. The fourth-order valence-corrected chi connectivity index (χ4v) is 2.98. The van der Waals surface area contributed by atoms with E-state index in [1.165, 1.54) is 0 Å². The van der Waals surface area contributed by atoms with Crippen LogP contribution in [-0.4, -0.2) is 38.9 Å². The lowest BCUT2D eigenvalue weighted by atomic mass is 10.0. The van der Waals surface area contributed by atoms with Gasteiger partial charge in [-0.1, -0.05) is 30.3 Å². The van der Waals surface area contributed by atoms with Gasteiger partial charge in [-0.05, 0) is 19.3 Å². The summed E-state index contributed by atoms with van der Waals surface area (Å²) in [4.78, 5) is 30.0. The Bertz CT molecular complexity index is 696. The Morgan fingerprint density at radius 2 is 2.00 bits per heavy atom. The van der Waals surface area contributed by atoms with E-state index < -0.39 is 11.9 Å². The van der Waals surface area contributed by atoms with Gasteiger partial charge in [0.15, 0.2) is 0 Å². The van der Waals surface area contributed by atoms with Gasteiger partial charge in [-0.2, -0.15) is 0 Å². The molecule has 1 fully saturated rings. The largest absolute Gasteiger partial charge is 0.368 e. The second kappa shape index (κ2) is 6.64. The molecule has 6 nitrogen and oxygen atoms in total. The van der Waals surface area contributed by atoms with Gasteiger partial charge in [-0.15, -0.1) is 0 Å². The smallest absolute Gasteiger partial charge is 0.243 e. The van der Waals surface area contributed by atoms with Crippen molar-refractivity contribution in [3.8, 4) is 11.3 Å². The van der Waals surface area contributed by atoms with Crippen LogP contribution < -0.4 is 5.73 Å². The van der Waals surface area contributed by atoms with Crippen molar-refractivity contribution < 1.29 is 9.59 Å². The highest BCUT2D eigenvalue weighted by molar-refractivity contribution is 5.86.